The van der Waals surface area contributed by atoms with E-state index in [4.69, 9.17) is 13.8 Å². The Bertz CT molecular complexity index is 675. The van der Waals surface area contributed by atoms with Gasteiger partial charge in [0.05, 0.1) is 19.3 Å². The number of rotatable bonds is 9. The van der Waals surface area contributed by atoms with Crippen LogP contribution in [-0.2, 0) is 13.6 Å². The van der Waals surface area contributed by atoms with Gasteiger partial charge < -0.3 is 19.1 Å². The fourth-order valence-corrected chi connectivity index (χ4v) is 5.21. The van der Waals surface area contributed by atoms with E-state index in [2.05, 4.69) is 10.3 Å². The van der Waals surface area contributed by atoms with Crippen LogP contribution in [0.25, 0.3) is 0 Å². The summed E-state index contributed by atoms with van der Waals surface area (Å²) in [5.41, 5.74) is 0.778. The summed E-state index contributed by atoms with van der Waals surface area (Å²) in [5.74, 6) is 0.0514. The molecule has 1 aromatic heterocycles. The van der Waals surface area contributed by atoms with Gasteiger partial charge in [-0.05, 0) is 45.4 Å². The van der Waals surface area contributed by atoms with Crippen LogP contribution in [0.4, 0.5) is 5.13 Å². The maximum absolute atomic E-state index is 13.7. The van der Waals surface area contributed by atoms with Crippen LogP contribution in [0.1, 0.15) is 39.0 Å². The minimum atomic E-state index is -3.51. The largest absolute Gasteiger partial charge is 0.497 e. The minimum Gasteiger partial charge on any atom is -0.497 e. The van der Waals surface area contributed by atoms with E-state index in [9.17, 15) is 4.57 Å². The molecule has 0 radical (unpaired) electrons. The molecule has 0 aliphatic rings. The first-order valence-electron chi connectivity index (χ1n) is 8.10. The summed E-state index contributed by atoms with van der Waals surface area (Å²) < 4.78 is 30.4. The molecule has 1 heterocycles. The SMILES string of the molecule is COc1ccc(C(Nc2nccs2)P(=O)(OC(C)C)OC(C)C)cc1. The normalized spacial score (nSPS) is 13.2. The molecule has 2 aromatic rings. The van der Waals surface area contributed by atoms with Gasteiger partial charge in [-0.15, -0.1) is 11.3 Å². The van der Waals surface area contributed by atoms with Gasteiger partial charge in [-0.2, -0.15) is 0 Å². The lowest BCUT2D eigenvalue weighted by Crippen LogP contribution is -2.19. The Morgan fingerprint density at radius 2 is 1.68 bits per heavy atom. The van der Waals surface area contributed by atoms with Gasteiger partial charge in [0.25, 0.3) is 0 Å². The number of nitrogens with zero attached hydrogens (tertiary/aromatic N) is 1. The van der Waals surface area contributed by atoms with Crippen molar-refractivity contribution in [3.8, 4) is 5.75 Å². The lowest BCUT2D eigenvalue weighted by Gasteiger charge is -2.30. The lowest BCUT2D eigenvalue weighted by atomic mass is 10.2. The minimum absolute atomic E-state index is 0.247. The molecule has 1 aromatic carbocycles. The highest BCUT2D eigenvalue weighted by Crippen LogP contribution is 2.62. The third-order valence-corrected chi connectivity index (χ3v) is 6.35. The Kier molecular flexibility index (Phi) is 7.02. The van der Waals surface area contributed by atoms with Gasteiger partial charge in [0, 0.05) is 11.6 Å². The van der Waals surface area contributed by atoms with Crippen molar-refractivity contribution in [1.29, 1.82) is 0 Å². The monoisotopic (exact) mass is 384 g/mol. The molecule has 25 heavy (non-hydrogen) atoms. The van der Waals surface area contributed by atoms with Crippen LogP contribution < -0.4 is 10.1 Å². The molecule has 6 nitrogen and oxygen atoms in total. The van der Waals surface area contributed by atoms with Crippen LogP contribution in [0, 0.1) is 0 Å². The Morgan fingerprint density at radius 3 is 2.12 bits per heavy atom. The Hall–Kier alpha value is -1.40. The number of hydrogen-bond acceptors (Lipinski definition) is 7. The third kappa shape index (κ3) is 5.54. The lowest BCUT2D eigenvalue weighted by molar-refractivity contribution is 0.138. The number of ether oxygens (including phenoxy) is 1. The number of thiazole rings is 1. The van der Waals surface area contributed by atoms with Gasteiger partial charge in [0.2, 0.25) is 0 Å². The van der Waals surface area contributed by atoms with Crippen molar-refractivity contribution in [1.82, 2.24) is 4.98 Å². The molecule has 138 valence electrons. The summed E-state index contributed by atoms with van der Waals surface area (Å²) in [4.78, 5) is 4.24. The first-order chi connectivity index (χ1) is 11.8. The van der Waals surface area contributed by atoms with Crippen LogP contribution in [-0.4, -0.2) is 24.3 Å². The second-order valence-electron chi connectivity index (χ2n) is 6.01. The quantitative estimate of drug-likeness (QED) is 0.591. The molecular weight excluding hydrogens is 359 g/mol. The highest BCUT2D eigenvalue weighted by Gasteiger charge is 2.39. The van der Waals surface area contributed by atoms with E-state index in [1.807, 2.05) is 57.3 Å². The number of nitrogens with one attached hydrogen (secondary N) is 1. The van der Waals surface area contributed by atoms with Crippen molar-refractivity contribution < 1.29 is 18.3 Å². The number of anilines is 1. The second kappa shape index (κ2) is 8.81. The molecule has 0 bridgehead atoms. The molecule has 0 spiro atoms. The predicted octanol–water partition coefficient (Wildman–Crippen LogP) is 5.31. The van der Waals surface area contributed by atoms with Crippen molar-refractivity contribution in [2.24, 2.45) is 0 Å². The molecule has 8 heteroatoms. The van der Waals surface area contributed by atoms with Gasteiger partial charge in [0.15, 0.2) is 10.9 Å². The predicted molar refractivity (Wildman–Crippen MR) is 102 cm³/mol. The molecule has 0 amide bonds. The number of methoxy groups -OCH3 is 1. The van der Waals surface area contributed by atoms with Crippen molar-refractivity contribution in [3.63, 3.8) is 0 Å². The van der Waals surface area contributed by atoms with E-state index >= 15 is 0 Å². The molecule has 2 rings (SSSR count). The molecule has 0 fully saturated rings. The molecule has 0 aliphatic heterocycles. The van der Waals surface area contributed by atoms with Crippen molar-refractivity contribution in [2.45, 2.75) is 45.7 Å². The zero-order chi connectivity index (χ0) is 18.4. The second-order valence-corrected chi connectivity index (χ2v) is 8.92. The average Bonchev–Trinajstić information content (AvgIpc) is 3.04. The molecule has 0 saturated heterocycles. The highest BCUT2D eigenvalue weighted by atomic mass is 32.1. The van der Waals surface area contributed by atoms with Crippen LogP contribution >= 0.6 is 18.9 Å². The Labute approximate surface area is 153 Å². The van der Waals surface area contributed by atoms with Crippen molar-refractivity contribution >= 4 is 24.1 Å². The van der Waals surface area contributed by atoms with Crippen molar-refractivity contribution in [3.05, 3.63) is 41.4 Å². The smallest absolute Gasteiger partial charge is 0.357 e. The summed E-state index contributed by atoms with van der Waals surface area (Å²) in [6.07, 6.45) is 1.20. The van der Waals surface area contributed by atoms with Crippen LogP contribution in [0.2, 0.25) is 0 Å². The molecule has 1 unspecified atom stereocenters. The molecule has 0 saturated carbocycles. The Balaban J connectivity index is 2.43. The number of hydrogen-bond donors (Lipinski definition) is 1. The van der Waals surface area contributed by atoms with Crippen molar-refractivity contribution in [2.75, 3.05) is 12.4 Å². The van der Waals surface area contributed by atoms with Gasteiger partial charge >= 0.3 is 7.60 Å². The first-order valence-corrected chi connectivity index (χ1v) is 10.6. The molecular formula is C17H25N2O4PS. The van der Waals surface area contributed by atoms with Gasteiger partial charge in [-0.3, -0.25) is 4.57 Å². The van der Waals surface area contributed by atoms with Gasteiger partial charge in [-0.25, -0.2) is 4.98 Å². The zero-order valence-corrected chi connectivity index (χ0v) is 16.8. The average molecular weight is 384 g/mol. The van der Waals surface area contributed by atoms with E-state index in [-0.39, 0.29) is 12.2 Å². The van der Waals surface area contributed by atoms with Crippen LogP contribution in [0.5, 0.6) is 5.75 Å². The summed E-state index contributed by atoms with van der Waals surface area (Å²) in [7, 11) is -1.91. The summed E-state index contributed by atoms with van der Waals surface area (Å²) in [6, 6.07) is 7.34. The fraction of sp³-hybridized carbons (Fsp3) is 0.471. The zero-order valence-electron chi connectivity index (χ0n) is 15.1. The topological polar surface area (TPSA) is 69.7 Å². The standard InChI is InChI=1S/C17H25N2O4PS/c1-12(2)22-24(20,23-13(3)4)16(19-17-18-10-11-25-17)14-6-8-15(21-5)9-7-14/h6-13,16H,1-5H3,(H,18,19). The maximum atomic E-state index is 13.7. The highest BCUT2D eigenvalue weighted by molar-refractivity contribution is 7.54. The third-order valence-electron chi connectivity index (χ3n) is 3.16. The van der Waals surface area contributed by atoms with Crippen LogP contribution in [0.15, 0.2) is 35.8 Å². The first kappa shape index (κ1) is 19.9. The summed E-state index contributed by atoms with van der Waals surface area (Å²) in [5, 5.41) is 5.72. The van der Waals surface area contributed by atoms with E-state index in [1.54, 1.807) is 13.3 Å². The number of aromatic nitrogens is 1. The van der Waals surface area contributed by atoms with Gasteiger partial charge in [0.1, 0.15) is 5.75 Å². The molecule has 1 N–H and O–H groups in total. The fourth-order valence-electron chi connectivity index (χ4n) is 2.28. The van der Waals surface area contributed by atoms with Gasteiger partial charge in [-0.1, -0.05) is 12.1 Å². The molecule has 1 atom stereocenters. The summed E-state index contributed by atoms with van der Waals surface area (Å²) >= 11 is 1.43. The maximum Gasteiger partial charge on any atom is 0.357 e. The van der Waals surface area contributed by atoms with E-state index in [0.29, 0.717) is 5.13 Å². The van der Waals surface area contributed by atoms with Crippen LogP contribution in [0.3, 0.4) is 0 Å². The molecule has 0 aliphatic carbocycles. The van der Waals surface area contributed by atoms with E-state index in [0.717, 1.165) is 11.3 Å². The van der Waals surface area contributed by atoms with E-state index in [1.165, 1.54) is 11.3 Å². The Morgan fingerprint density at radius 1 is 1.08 bits per heavy atom. The van der Waals surface area contributed by atoms with E-state index < -0.39 is 13.4 Å². The summed E-state index contributed by atoms with van der Waals surface area (Å²) in [6.45, 7) is 7.35. The number of benzene rings is 1.